The number of hydrogen-bond donors (Lipinski definition) is 2. The lowest BCUT2D eigenvalue weighted by Crippen LogP contribution is -2.22. The normalized spacial score (nSPS) is 12.2. The van der Waals surface area contributed by atoms with E-state index >= 15 is 0 Å². The van der Waals surface area contributed by atoms with E-state index in [1.807, 2.05) is 0 Å². The molecule has 0 radical (unpaired) electrons. The van der Waals surface area contributed by atoms with Crippen LogP contribution in [0.5, 0.6) is 5.75 Å². The molecule has 16 heavy (non-hydrogen) atoms. The van der Waals surface area contributed by atoms with Crippen LogP contribution in [-0.2, 0) is 0 Å². The Morgan fingerprint density at radius 2 is 2.31 bits per heavy atom. The van der Waals surface area contributed by atoms with Gasteiger partial charge in [0.05, 0.1) is 13.4 Å². The van der Waals surface area contributed by atoms with Crippen LogP contribution in [0.1, 0.15) is 33.1 Å². The van der Waals surface area contributed by atoms with Gasteiger partial charge in [-0.2, -0.15) is 0 Å². The monoisotopic (exact) mass is 225 g/mol. The number of anilines is 1. The van der Waals surface area contributed by atoms with Crippen molar-refractivity contribution in [2.45, 2.75) is 39.2 Å². The summed E-state index contributed by atoms with van der Waals surface area (Å²) in [7, 11) is 1.47. The zero-order chi connectivity index (χ0) is 12.0. The Bertz CT molecular complexity index is 376. The molecule has 0 aromatic carbocycles. The van der Waals surface area contributed by atoms with E-state index in [1.165, 1.54) is 13.4 Å². The van der Waals surface area contributed by atoms with E-state index in [2.05, 4.69) is 29.1 Å². The molecule has 0 aliphatic rings. The highest BCUT2D eigenvalue weighted by Crippen LogP contribution is 2.17. The number of rotatable bonds is 6. The number of nitrogens with zero attached hydrogens (tertiary/aromatic N) is 1. The minimum absolute atomic E-state index is 0.247. The Morgan fingerprint density at radius 3 is 2.88 bits per heavy atom. The number of H-pyrrole nitrogens is 1. The van der Waals surface area contributed by atoms with Crippen LogP contribution in [0.25, 0.3) is 0 Å². The van der Waals surface area contributed by atoms with Gasteiger partial charge in [-0.3, -0.25) is 4.79 Å². The summed E-state index contributed by atoms with van der Waals surface area (Å²) < 4.78 is 5.03. The van der Waals surface area contributed by atoms with Crippen molar-refractivity contribution < 1.29 is 4.74 Å². The van der Waals surface area contributed by atoms with Crippen LogP contribution >= 0.6 is 0 Å². The molecule has 0 fully saturated rings. The average Bonchev–Trinajstić information content (AvgIpc) is 2.28. The van der Waals surface area contributed by atoms with Crippen LogP contribution in [-0.4, -0.2) is 23.1 Å². The van der Waals surface area contributed by atoms with Gasteiger partial charge < -0.3 is 15.0 Å². The molecular weight excluding hydrogens is 206 g/mol. The summed E-state index contributed by atoms with van der Waals surface area (Å²) in [4.78, 5) is 18.0. The molecule has 0 saturated heterocycles. The highest BCUT2D eigenvalue weighted by molar-refractivity contribution is 5.48. The summed E-state index contributed by atoms with van der Waals surface area (Å²) in [6.45, 7) is 4.24. The Morgan fingerprint density at radius 1 is 1.56 bits per heavy atom. The molecule has 2 N–H and O–H groups in total. The Hall–Kier alpha value is -1.52. The van der Waals surface area contributed by atoms with Gasteiger partial charge in [0.1, 0.15) is 0 Å². The summed E-state index contributed by atoms with van der Waals surface area (Å²) >= 11 is 0. The van der Waals surface area contributed by atoms with Gasteiger partial charge in [-0.15, -0.1) is 0 Å². The van der Waals surface area contributed by atoms with E-state index in [-0.39, 0.29) is 11.3 Å². The predicted octanol–water partition coefficient (Wildman–Crippen LogP) is 1.77. The van der Waals surface area contributed by atoms with Crippen LogP contribution in [0, 0.1) is 0 Å². The minimum atomic E-state index is -0.258. The number of aromatic nitrogens is 2. The van der Waals surface area contributed by atoms with Gasteiger partial charge in [0, 0.05) is 6.04 Å². The van der Waals surface area contributed by atoms with Crippen molar-refractivity contribution >= 4 is 5.82 Å². The molecule has 0 spiro atoms. The molecule has 0 aliphatic carbocycles. The highest BCUT2D eigenvalue weighted by Gasteiger charge is 2.12. The highest BCUT2D eigenvalue weighted by atomic mass is 16.5. The molecule has 90 valence electrons. The third-order valence-corrected chi connectivity index (χ3v) is 2.49. The number of hydrogen-bond acceptors (Lipinski definition) is 4. The molecule has 1 atom stereocenters. The van der Waals surface area contributed by atoms with Crippen molar-refractivity contribution in [1.29, 1.82) is 0 Å². The lowest BCUT2D eigenvalue weighted by atomic mass is 10.1. The maximum absolute atomic E-state index is 11.4. The zero-order valence-electron chi connectivity index (χ0n) is 10.0. The topological polar surface area (TPSA) is 67.0 Å². The smallest absolute Gasteiger partial charge is 0.295 e. The van der Waals surface area contributed by atoms with Crippen molar-refractivity contribution in [3.8, 4) is 5.75 Å². The van der Waals surface area contributed by atoms with Gasteiger partial charge in [-0.25, -0.2) is 4.98 Å². The lowest BCUT2D eigenvalue weighted by molar-refractivity contribution is 0.407. The van der Waals surface area contributed by atoms with Crippen LogP contribution in [0.4, 0.5) is 5.82 Å². The molecule has 1 rings (SSSR count). The van der Waals surface area contributed by atoms with Gasteiger partial charge in [0.25, 0.3) is 5.56 Å². The third-order valence-electron chi connectivity index (χ3n) is 2.49. The molecule has 0 bridgehead atoms. The van der Waals surface area contributed by atoms with Crippen LogP contribution in [0.2, 0.25) is 0 Å². The fourth-order valence-electron chi connectivity index (χ4n) is 1.60. The second kappa shape index (κ2) is 6.15. The number of methoxy groups -OCH3 is 1. The molecule has 1 aromatic rings. The molecule has 0 amide bonds. The number of aromatic amines is 1. The standard InChI is InChI=1S/C11H19N3O2/c1-4-6-8(5-2)14-10-9(16-3)11(15)13-7-12-10/h7-8H,4-6H2,1-3H3,(H2,12,13,14,15). The first-order chi connectivity index (χ1) is 7.72. The Kier molecular flexibility index (Phi) is 4.82. The van der Waals surface area contributed by atoms with E-state index in [0.29, 0.717) is 11.9 Å². The summed E-state index contributed by atoms with van der Waals surface area (Å²) in [6.07, 6.45) is 4.52. The lowest BCUT2D eigenvalue weighted by Gasteiger charge is -2.17. The van der Waals surface area contributed by atoms with Crippen molar-refractivity contribution in [2.24, 2.45) is 0 Å². The van der Waals surface area contributed by atoms with Crippen molar-refractivity contribution in [2.75, 3.05) is 12.4 Å². The third kappa shape index (κ3) is 2.98. The molecule has 1 unspecified atom stereocenters. The van der Waals surface area contributed by atoms with E-state index in [4.69, 9.17) is 4.74 Å². The molecule has 1 aromatic heterocycles. The molecule has 0 aliphatic heterocycles. The number of ether oxygens (including phenoxy) is 1. The van der Waals surface area contributed by atoms with E-state index in [0.717, 1.165) is 19.3 Å². The maximum Gasteiger partial charge on any atom is 0.295 e. The summed E-state index contributed by atoms with van der Waals surface area (Å²) in [6, 6.07) is 0.327. The van der Waals surface area contributed by atoms with Crippen molar-refractivity contribution in [3.63, 3.8) is 0 Å². The van der Waals surface area contributed by atoms with Gasteiger partial charge in [0.2, 0.25) is 5.75 Å². The minimum Gasteiger partial charge on any atom is -0.489 e. The Labute approximate surface area is 95.3 Å². The largest absolute Gasteiger partial charge is 0.489 e. The van der Waals surface area contributed by atoms with Crippen LogP contribution < -0.4 is 15.6 Å². The van der Waals surface area contributed by atoms with Gasteiger partial charge in [0.15, 0.2) is 5.82 Å². The fourth-order valence-corrected chi connectivity index (χ4v) is 1.60. The Balaban J connectivity index is 2.87. The molecule has 1 heterocycles. The SMILES string of the molecule is CCCC(CC)Nc1nc[nH]c(=O)c1OC. The predicted molar refractivity (Wildman–Crippen MR) is 64.0 cm³/mol. The van der Waals surface area contributed by atoms with Crippen LogP contribution in [0.3, 0.4) is 0 Å². The van der Waals surface area contributed by atoms with Crippen molar-refractivity contribution in [3.05, 3.63) is 16.7 Å². The summed E-state index contributed by atoms with van der Waals surface area (Å²) in [5.74, 6) is 0.767. The second-order valence-electron chi connectivity index (χ2n) is 3.65. The summed E-state index contributed by atoms with van der Waals surface area (Å²) in [5, 5.41) is 3.23. The first-order valence-corrected chi connectivity index (χ1v) is 5.61. The van der Waals surface area contributed by atoms with E-state index < -0.39 is 0 Å². The van der Waals surface area contributed by atoms with Gasteiger partial charge in [-0.1, -0.05) is 20.3 Å². The van der Waals surface area contributed by atoms with E-state index in [9.17, 15) is 4.79 Å². The fraction of sp³-hybridized carbons (Fsp3) is 0.636. The summed E-state index contributed by atoms with van der Waals surface area (Å²) in [5.41, 5.74) is -0.258. The van der Waals surface area contributed by atoms with Crippen LogP contribution in [0.15, 0.2) is 11.1 Å². The average molecular weight is 225 g/mol. The maximum atomic E-state index is 11.4. The molecule has 0 saturated carbocycles. The molecule has 5 nitrogen and oxygen atoms in total. The molecular formula is C11H19N3O2. The van der Waals surface area contributed by atoms with E-state index in [1.54, 1.807) is 0 Å². The van der Waals surface area contributed by atoms with Gasteiger partial charge in [-0.05, 0) is 12.8 Å². The second-order valence-corrected chi connectivity index (χ2v) is 3.65. The number of nitrogens with one attached hydrogen (secondary N) is 2. The molecule has 5 heteroatoms. The zero-order valence-corrected chi connectivity index (χ0v) is 10.0. The quantitative estimate of drug-likeness (QED) is 0.774. The van der Waals surface area contributed by atoms with Gasteiger partial charge >= 0.3 is 0 Å². The van der Waals surface area contributed by atoms with Crippen molar-refractivity contribution in [1.82, 2.24) is 9.97 Å². The first kappa shape index (κ1) is 12.5. The first-order valence-electron chi connectivity index (χ1n) is 5.61.